The topological polar surface area (TPSA) is 30.2 Å². The second kappa shape index (κ2) is 8.45. The first kappa shape index (κ1) is 19.1. The van der Waals surface area contributed by atoms with Crippen LogP contribution in [0.4, 0.5) is 0 Å². The molecule has 0 amide bonds. The van der Waals surface area contributed by atoms with E-state index in [4.69, 9.17) is 4.42 Å². The highest BCUT2D eigenvalue weighted by molar-refractivity contribution is 5.96. The molecule has 0 spiro atoms. The molecule has 150 valence electrons. The smallest absolute Gasteiger partial charge is 0.150 e. The average molecular weight is 402 g/mol. The van der Waals surface area contributed by atoms with Gasteiger partial charge >= 0.3 is 0 Å². The van der Waals surface area contributed by atoms with Gasteiger partial charge in [0.25, 0.3) is 0 Å². The summed E-state index contributed by atoms with van der Waals surface area (Å²) in [5.74, 6) is 0.801. The number of fused-ring (bicyclic) bond motifs is 1. The lowest BCUT2D eigenvalue weighted by Gasteiger charge is -2.13. The van der Waals surface area contributed by atoms with Crippen molar-refractivity contribution in [1.29, 1.82) is 0 Å². The summed E-state index contributed by atoms with van der Waals surface area (Å²) in [5, 5.41) is 1.06. The Bertz CT molecular complexity index is 1320. The fourth-order valence-corrected chi connectivity index (χ4v) is 3.93. The van der Waals surface area contributed by atoms with E-state index < -0.39 is 0 Å². The number of benzene rings is 3. The fraction of sp³-hybridized carbons (Fsp3) is 0.0690. The molecule has 1 heterocycles. The van der Waals surface area contributed by atoms with E-state index in [9.17, 15) is 4.79 Å². The van der Waals surface area contributed by atoms with Crippen molar-refractivity contribution in [1.82, 2.24) is 0 Å². The molecule has 0 N–H and O–H groups in total. The number of carbonyl (C=O) groups is 1. The van der Waals surface area contributed by atoms with E-state index >= 15 is 0 Å². The summed E-state index contributed by atoms with van der Waals surface area (Å²) in [4.78, 5) is 10.9. The average Bonchev–Trinajstić information content (AvgIpc) is 3.27. The van der Waals surface area contributed by atoms with Gasteiger partial charge in [-0.3, -0.25) is 4.79 Å². The maximum Gasteiger partial charge on any atom is 0.150 e. The minimum Gasteiger partial charge on any atom is -0.456 e. The van der Waals surface area contributed by atoms with E-state index in [0.717, 1.165) is 47.0 Å². The van der Waals surface area contributed by atoms with Crippen LogP contribution in [0, 0.1) is 0 Å². The van der Waals surface area contributed by atoms with Gasteiger partial charge < -0.3 is 4.42 Å². The van der Waals surface area contributed by atoms with Crippen LogP contribution in [0.2, 0.25) is 0 Å². The molecule has 0 saturated carbocycles. The molecular weight excluding hydrogens is 380 g/mol. The number of hydrogen-bond acceptors (Lipinski definition) is 2. The lowest BCUT2D eigenvalue weighted by Crippen LogP contribution is -1.92. The highest BCUT2D eigenvalue weighted by Gasteiger charge is 2.12. The van der Waals surface area contributed by atoms with Crippen LogP contribution in [-0.4, -0.2) is 6.29 Å². The number of rotatable bonds is 5. The van der Waals surface area contributed by atoms with Crippen LogP contribution < -0.4 is 0 Å². The van der Waals surface area contributed by atoms with Crippen LogP contribution in [0.1, 0.15) is 34.3 Å². The Morgan fingerprint density at radius 3 is 2.42 bits per heavy atom. The molecule has 1 aromatic heterocycles. The van der Waals surface area contributed by atoms with Crippen molar-refractivity contribution in [3.8, 4) is 11.3 Å². The lowest BCUT2D eigenvalue weighted by molar-refractivity contribution is 0.112. The molecule has 2 heteroatoms. The standard InChI is InChI=1S/C29H22O2/c30-20-22-11-13-24(14-12-22)28-19-26-16-15-25(18-29(26)31-28)27(23-9-5-2-6-10-23)17-21-7-3-1-4-8-21/h1,3-5,7-20H,2,6H2/b27-17-. The summed E-state index contributed by atoms with van der Waals surface area (Å²) in [6.07, 6.45) is 12.0. The van der Waals surface area contributed by atoms with Crippen molar-refractivity contribution in [2.75, 3.05) is 0 Å². The van der Waals surface area contributed by atoms with Crippen LogP contribution in [0.25, 0.3) is 33.9 Å². The molecule has 0 unspecified atom stereocenters. The Balaban J connectivity index is 1.58. The molecule has 0 radical (unpaired) electrons. The summed E-state index contributed by atoms with van der Waals surface area (Å²) < 4.78 is 6.20. The third-order valence-corrected chi connectivity index (χ3v) is 5.58. The van der Waals surface area contributed by atoms with Crippen LogP contribution in [0.3, 0.4) is 0 Å². The van der Waals surface area contributed by atoms with Crippen LogP contribution in [0.5, 0.6) is 0 Å². The highest BCUT2D eigenvalue weighted by Crippen LogP contribution is 2.34. The summed E-state index contributed by atoms with van der Waals surface area (Å²) in [6, 6.07) is 26.3. The number of furan rings is 1. The van der Waals surface area contributed by atoms with Crippen LogP contribution in [0.15, 0.2) is 107 Å². The van der Waals surface area contributed by atoms with Gasteiger partial charge in [-0.2, -0.15) is 0 Å². The fourth-order valence-electron chi connectivity index (χ4n) is 3.93. The normalized spacial score (nSPS) is 13.9. The first-order valence-electron chi connectivity index (χ1n) is 10.5. The van der Waals surface area contributed by atoms with E-state index in [0.29, 0.717) is 5.56 Å². The van der Waals surface area contributed by atoms with E-state index in [-0.39, 0.29) is 0 Å². The Labute approximate surface area is 181 Å². The molecule has 0 fully saturated rings. The molecule has 31 heavy (non-hydrogen) atoms. The van der Waals surface area contributed by atoms with Crippen molar-refractivity contribution in [3.63, 3.8) is 0 Å². The highest BCUT2D eigenvalue weighted by atomic mass is 16.3. The predicted octanol–water partition coefficient (Wildman–Crippen LogP) is 7.73. The zero-order valence-corrected chi connectivity index (χ0v) is 17.1. The summed E-state index contributed by atoms with van der Waals surface area (Å²) >= 11 is 0. The molecule has 4 aromatic rings. The lowest BCUT2D eigenvalue weighted by atomic mass is 9.92. The van der Waals surface area contributed by atoms with E-state index in [1.54, 1.807) is 0 Å². The zero-order chi connectivity index (χ0) is 21.0. The summed E-state index contributed by atoms with van der Waals surface area (Å²) in [7, 11) is 0. The minimum absolute atomic E-state index is 0.659. The van der Waals surface area contributed by atoms with Crippen molar-refractivity contribution < 1.29 is 9.21 Å². The first-order chi connectivity index (χ1) is 15.3. The molecule has 0 atom stereocenters. The molecule has 3 aromatic carbocycles. The molecule has 5 rings (SSSR count). The molecule has 1 aliphatic rings. The number of allylic oxidation sites excluding steroid dienone is 5. The maximum absolute atomic E-state index is 10.9. The third kappa shape index (κ3) is 4.06. The van der Waals surface area contributed by atoms with Gasteiger partial charge in [0.05, 0.1) is 0 Å². The van der Waals surface area contributed by atoms with Gasteiger partial charge in [-0.25, -0.2) is 0 Å². The van der Waals surface area contributed by atoms with Gasteiger partial charge in [-0.15, -0.1) is 0 Å². The molecule has 0 saturated heterocycles. The number of carbonyl (C=O) groups excluding carboxylic acids is 1. The van der Waals surface area contributed by atoms with Crippen molar-refractivity contribution in [2.45, 2.75) is 12.8 Å². The minimum atomic E-state index is 0.659. The molecule has 1 aliphatic carbocycles. The van der Waals surface area contributed by atoms with Gasteiger partial charge in [0.1, 0.15) is 17.6 Å². The Morgan fingerprint density at radius 2 is 1.68 bits per heavy atom. The van der Waals surface area contributed by atoms with Gasteiger partial charge in [-0.05, 0) is 53.3 Å². The van der Waals surface area contributed by atoms with E-state index in [2.05, 4.69) is 72.8 Å². The molecule has 2 nitrogen and oxygen atoms in total. The van der Waals surface area contributed by atoms with Gasteiger partial charge in [0.15, 0.2) is 0 Å². The van der Waals surface area contributed by atoms with Crippen molar-refractivity contribution >= 4 is 28.9 Å². The quantitative estimate of drug-likeness (QED) is 0.252. The predicted molar refractivity (Wildman–Crippen MR) is 128 cm³/mol. The molecule has 0 aliphatic heterocycles. The Morgan fingerprint density at radius 1 is 0.839 bits per heavy atom. The molecular formula is C29H22O2. The van der Waals surface area contributed by atoms with Crippen LogP contribution >= 0.6 is 0 Å². The summed E-state index contributed by atoms with van der Waals surface area (Å²) in [5.41, 5.74) is 7.21. The van der Waals surface area contributed by atoms with Crippen molar-refractivity contribution in [3.05, 3.63) is 119 Å². The van der Waals surface area contributed by atoms with Gasteiger partial charge in [0, 0.05) is 16.5 Å². The monoisotopic (exact) mass is 402 g/mol. The SMILES string of the molecule is O=Cc1ccc(-c2cc3ccc(/C(=C\c4ccccc4)C4=CCCC=C4)cc3o2)cc1. The zero-order valence-electron chi connectivity index (χ0n) is 17.1. The largest absolute Gasteiger partial charge is 0.456 e. The Hall–Kier alpha value is -3.91. The Kier molecular flexibility index (Phi) is 5.20. The second-order valence-corrected chi connectivity index (χ2v) is 7.71. The van der Waals surface area contributed by atoms with Gasteiger partial charge in [0.2, 0.25) is 0 Å². The number of hydrogen-bond donors (Lipinski definition) is 0. The van der Waals surface area contributed by atoms with Crippen LogP contribution in [-0.2, 0) is 0 Å². The van der Waals surface area contributed by atoms with Crippen molar-refractivity contribution in [2.24, 2.45) is 0 Å². The number of aldehydes is 1. The summed E-state index contributed by atoms with van der Waals surface area (Å²) in [6.45, 7) is 0. The maximum atomic E-state index is 10.9. The second-order valence-electron chi connectivity index (χ2n) is 7.71. The third-order valence-electron chi connectivity index (χ3n) is 5.58. The molecule has 0 bridgehead atoms. The van der Waals surface area contributed by atoms with Gasteiger partial charge in [-0.1, -0.05) is 85.0 Å². The van der Waals surface area contributed by atoms with E-state index in [1.165, 1.54) is 16.7 Å². The van der Waals surface area contributed by atoms with E-state index in [1.807, 2.05) is 30.3 Å². The first-order valence-corrected chi connectivity index (χ1v) is 10.5.